The Balaban J connectivity index is 2.12. The Labute approximate surface area is 129 Å². The van der Waals surface area contributed by atoms with Crippen molar-refractivity contribution in [2.45, 2.75) is 26.3 Å². The van der Waals surface area contributed by atoms with Gasteiger partial charge in [-0.25, -0.2) is 9.59 Å². The molecule has 0 saturated carbocycles. The summed E-state index contributed by atoms with van der Waals surface area (Å²) in [6, 6.07) is 11.9. The smallest absolute Gasteiger partial charge is 0.326 e. The second-order valence-corrected chi connectivity index (χ2v) is 5.65. The zero-order chi connectivity index (χ0) is 16.1. The zero-order valence-corrected chi connectivity index (χ0v) is 12.7. The number of nitrogens with one attached hydrogen (secondary N) is 2. The molecular formula is C17H20N2O3. The monoisotopic (exact) mass is 300 g/mol. The number of hydrogen-bond acceptors (Lipinski definition) is 2. The van der Waals surface area contributed by atoms with Crippen LogP contribution >= 0.6 is 0 Å². The van der Waals surface area contributed by atoms with Crippen LogP contribution in [0.5, 0.6) is 0 Å². The molecule has 116 valence electrons. The number of carbonyl (C=O) groups excluding carboxylic acids is 1. The SMILES string of the molecule is CC(C)C[C@H](NC(=O)Nc1cccc2ccccc12)C(=O)O. The van der Waals surface area contributed by atoms with Crippen LogP contribution in [-0.4, -0.2) is 23.1 Å². The van der Waals surface area contributed by atoms with E-state index in [0.29, 0.717) is 12.1 Å². The van der Waals surface area contributed by atoms with Crippen LogP contribution in [0.3, 0.4) is 0 Å². The van der Waals surface area contributed by atoms with E-state index in [4.69, 9.17) is 5.11 Å². The summed E-state index contributed by atoms with van der Waals surface area (Å²) >= 11 is 0. The van der Waals surface area contributed by atoms with Gasteiger partial charge in [0.15, 0.2) is 0 Å². The van der Waals surface area contributed by atoms with E-state index in [1.165, 1.54) is 0 Å². The van der Waals surface area contributed by atoms with Crippen LogP contribution in [0.4, 0.5) is 10.5 Å². The second kappa shape index (κ2) is 6.93. The largest absolute Gasteiger partial charge is 0.480 e. The molecule has 2 rings (SSSR count). The first kappa shape index (κ1) is 15.8. The van der Waals surface area contributed by atoms with E-state index in [2.05, 4.69) is 10.6 Å². The number of benzene rings is 2. The van der Waals surface area contributed by atoms with Crippen molar-refractivity contribution < 1.29 is 14.7 Å². The molecule has 0 heterocycles. The molecule has 5 heteroatoms. The third kappa shape index (κ3) is 3.97. The number of fused-ring (bicyclic) bond motifs is 1. The molecule has 0 spiro atoms. The average molecular weight is 300 g/mol. The molecule has 0 unspecified atom stereocenters. The number of amides is 2. The Morgan fingerprint density at radius 1 is 1.09 bits per heavy atom. The number of carbonyl (C=O) groups is 2. The zero-order valence-electron chi connectivity index (χ0n) is 12.7. The van der Waals surface area contributed by atoms with Gasteiger partial charge in [-0.3, -0.25) is 0 Å². The van der Waals surface area contributed by atoms with Gasteiger partial charge < -0.3 is 15.7 Å². The highest BCUT2D eigenvalue weighted by Gasteiger charge is 2.21. The maximum Gasteiger partial charge on any atom is 0.326 e. The molecule has 0 aliphatic heterocycles. The maximum absolute atomic E-state index is 12.1. The van der Waals surface area contributed by atoms with Crippen LogP contribution < -0.4 is 10.6 Å². The Kier molecular flexibility index (Phi) is 4.99. The second-order valence-electron chi connectivity index (χ2n) is 5.65. The molecule has 0 aliphatic carbocycles. The van der Waals surface area contributed by atoms with Crippen molar-refractivity contribution in [3.63, 3.8) is 0 Å². The molecule has 2 amide bonds. The van der Waals surface area contributed by atoms with Crippen LogP contribution in [0.25, 0.3) is 10.8 Å². The lowest BCUT2D eigenvalue weighted by atomic mass is 10.0. The van der Waals surface area contributed by atoms with Gasteiger partial charge in [0.25, 0.3) is 0 Å². The minimum atomic E-state index is -1.03. The molecule has 22 heavy (non-hydrogen) atoms. The van der Waals surface area contributed by atoms with Gasteiger partial charge in [0.05, 0.1) is 5.69 Å². The molecule has 0 fully saturated rings. The summed E-state index contributed by atoms with van der Waals surface area (Å²) < 4.78 is 0. The van der Waals surface area contributed by atoms with Crippen LogP contribution in [0.15, 0.2) is 42.5 Å². The van der Waals surface area contributed by atoms with Crippen LogP contribution in [0.2, 0.25) is 0 Å². The van der Waals surface area contributed by atoms with E-state index in [1.807, 2.05) is 50.2 Å². The Morgan fingerprint density at radius 3 is 2.45 bits per heavy atom. The third-order valence-corrected chi connectivity index (χ3v) is 3.35. The van der Waals surface area contributed by atoms with Crippen LogP contribution in [0, 0.1) is 5.92 Å². The first-order valence-corrected chi connectivity index (χ1v) is 7.25. The fourth-order valence-electron chi connectivity index (χ4n) is 2.34. The molecule has 0 radical (unpaired) electrons. The lowest BCUT2D eigenvalue weighted by molar-refractivity contribution is -0.139. The van der Waals surface area contributed by atoms with Crippen LogP contribution in [0.1, 0.15) is 20.3 Å². The molecular weight excluding hydrogens is 280 g/mol. The third-order valence-electron chi connectivity index (χ3n) is 3.35. The van der Waals surface area contributed by atoms with E-state index in [1.54, 1.807) is 6.07 Å². The number of urea groups is 1. The molecule has 2 aromatic carbocycles. The lowest BCUT2D eigenvalue weighted by Gasteiger charge is -2.17. The van der Waals surface area contributed by atoms with Crippen molar-refractivity contribution >= 4 is 28.5 Å². The topological polar surface area (TPSA) is 78.4 Å². The number of rotatable bonds is 5. The summed E-state index contributed by atoms with van der Waals surface area (Å²) in [4.78, 5) is 23.3. The molecule has 3 N–H and O–H groups in total. The fourth-order valence-corrected chi connectivity index (χ4v) is 2.34. The van der Waals surface area contributed by atoms with Crippen molar-refractivity contribution in [2.24, 2.45) is 5.92 Å². The summed E-state index contributed by atoms with van der Waals surface area (Å²) in [6.07, 6.45) is 0.387. The highest BCUT2D eigenvalue weighted by molar-refractivity contribution is 6.02. The average Bonchev–Trinajstić information content (AvgIpc) is 2.46. The first-order valence-electron chi connectivity index (χ1n) is 7.25. The lowest BCUT2D eigenvalue weighted by Crippen LogP contribution is -2.43. The molecule has 0 aliphatic rings. The highest BCUT2D eigenvalue weighted by atomic mass is 16.4. The van der Waals surface area contributed by atoms with E-state index in [0.717, 1.165) is 10.8 Å². The summed E-state index contributed by atoms with van der Waals surface area (Å²) in [6.45, 7) is 3.83. The predicted octanol–water partition coefficient (Wildman–Crippen LogP) is 3.46. The van der Waals surface area contributed by atoms with E-state index in [-0.39, 0.29) is 5.92 Å². The molecule has 0 bridgehead atoms. The Morgan fingerprint density at radius 2 is 1.77 bits per heavy atom. The number of anilines is 1. The number of aliphatic carboxylic acids is 1. The molecule has 0 aromatic heterocycles. The standard InChI is InChI=1S/C17H20N2O3/c1-11(2)10-15(16(20)21)19-17(22)18-14-9-5-7-12-6-3-4-8-13(12)14/h3-9,11,15H,10H2,1-2H3,(H,20,21)(H2,18,19,22)/t15-/m0/s1. The number of hydrogen-bond donors (Lipinski definition) is 3. The van der Waals surface area contributed by atoms with Gasteiger partial charge in [-0.1, -0.05) is 50.2 Å². The van der Waals surface area contributed by atoms with Crippen molar-refractivity contribution in [3.05, 3.63) is 42.5 Å². The Hall–Kier alpha value is -2.56. The summed E-state index contributed by atoms with van der Waals surface area (Å²) in [5, 5.41) is 16.3. The molecule has 5 nitrogen and oxygen atoms in total. The number of carboxylic acids is 1. The van der Waals surface area contributed by atoms with Gasteiger partial charge in [0, 0.05) is 5.39 Å². The van der Waals surface area contributed by atoms with Gasteiger partial charge in [-0.05, 0) is 23.8 Å². The quantitative estimate of drug-likeness (QED) is 0.791. The Bertz CT molecular complexity index is 677. The van der Waals surface area contributed by atoms with Crippen molar-refractivity contribution in [1.82, 2.24) is 5.32 Å². The normalized spacial score (nSPS) is 12.1. The summed E-state index contributed by atoms with van der Waals surface area (Å²) in [7, 11) is 0. The maximum atomic E-state index is 12.1. The van der Waals surface area contributed by atoms with Crippen molar-refractivity contribution in [1.29, 1.82) is 0 Å². The van der Waals surface area contributed by atoms with Crippen molar-refractivity contribution in [2.75, 3.05) is 5.32 Å². The predicted molar refractivity (Wildman–Crippen MR) is 87.0 cm³/mol. The summed E-state index contributed by atoms with van der Waals surface area (Å²) in [5.74, 6) is -0.847. The minimum Gasteiger partial charge on any atom is -0.480 e. The highest BCUT2D eigenvalue weighted by Crippen LogP contribution is 2.22. The molecule has 1 atom stereocenters. The van der Waals surface area contributed by atoms with Gasteiger partial charge in [-0.15, -0.1) is 0 Å². The molecule has 0 saturated heterocycles. The van der Waals surface area contributed by atoms with Crippen molar-refractivity contribution in [3.8, 4) is 0 Å². The first-order chi connectivity index (χ1) is 10.5. The fraction of sp³-hybridized carbons (Fsp3) is 0.294. The molecule has 2 aromatic rings. The summed E-state index contributed by atoms with van der Waals surface area (Å²) in [5.41, 5.74) is 0.657. The van der Waals surface area contributed by atoms with Gasteiger partial charge in [0.1, 0.15) is 6.04 Å². The van der Waals surface area contributed by atoms with E-state index >= 15 is 0 Å². The van der Waals surface area contributed by atoms with E-state index < -0.39 is 18.0 Å². The van der Waals surface area contributed by atoms with Crippen LogP contribution in [-0.2, 0) is 4.79 Å². The van der Waals surface area contributed by atoms with Gasteiger partial charge in [0.2, 0.25) is 0 Å². The minimum absolute atomic E-state index is 0.180. The van der Waals surface area contributed by atoms with Gasteiger partial charge in [-0.2, -0.15) is 0 Å². The van der Waals surface area contributed by atoms with Gasteiger partial charge >= 0.3 is 12.0 Å². The van der Waals surface area contributed by atoms with E-state index in [9.17, 15) is 9.59 Å². The number of carboxylic acid groups (broad SMARTS) is 1.